The highest BCUT2D eigenvalue weighted by Gasteiger charge is 2.18. The van der Waals surface area contributed by atoms with Gasteiger partial charge in [0.15, 0.2) is 0 Å². The van der Waals surface area contributed by atoms with Crippen LogP contribution in [0.3, 0.4) is 0 Å². The van der Waals surface area contributed by atoms with Gasteiger partial charge in [-0.2, -0.15) is 0 Å². The van der Waals surface area contributed by atoms with E-state index in [0.29, 0.717) is 24.9 Å². The maximum absolute atomic E-state index is 11.1. The Hall–Kier alpha value is 0.430. The Morgan fingerprint density at radius 1 is 1.38 bits per heavy atom. The van der Waals surface area contributed by atoms with E-state index in [4.69, 9.17) is 4.74 Å². The molecule has 0 fully saturated rings. The zero-order valence-electron chi connectivity index (χ0n) is 8.06. The second-order valence-electron chi connectivity index (χ2n) is 3.06. The van der Waals surface area contributed by atoms with Crippen LogP contribution < -0.4 is 0 Å². The number of hydrogen-bond donors (Lipinski definition) is 0. The highest BCUT2D eigenvalue weighted by Crippen LogP contribution is 2.20. The van der Waals surface area contributed by atoms with Crippen LogP contribution >= 0.6 is 31.9 Å². The van der Waals surface area contributed by atoms with Gasteiger partial charge < -0.3 is 4.74 Å². The van der Waals surface area contributed by atoms with E-state index in [0.717, 1.165) is 10.7 Å². The van der Waals surface area contributed by atoms with E-state index in [1.165, 1.54) is 0 Å². The Bertz CT molecular complexity index is 147. The average Bonchev–Trinajstić information content (AvgIpc) is 2.06. The molecule has 0 N–H and O–H groups in total. The van der Waals surface area contributed by atoms with E-state index in [1.807, 2.05) is 6.92 Å². The van der Waals surface area contributed by atoms with Gasteiger partial charge in [-0.15, -0.1) is 0 Å². The fraction of sp³-hybridized carbons (Fsp3) is 0.889. The fourth-order valence-corrected chi connectivity index (χ4v) is 3.34. The molecule has 0 aromatic rings. The summed E-state index contributed by atoms with van der Waals surface area (Å²) in [6.07, 6.45) is 0.510. The normalized spacial score (nSPS) is 13.0. The van der Waals surface area contributed by atoms with Gasteiger partial charge in [0.05, 0.1) is 6.61 Å². The van der Waals surface area contributed by atoms with Crippen molar-refractivity contribution in [1.29, 1.82) is 0 Å². The van der Waals surface area contributed by atoms with Gasteiger partial charge in [0.25, 0.3) is 0 Å². The first-order valence-corrected chi connectivity index (χ1v) is 6.67. The molecule has 78 valence electrons. The van der Waals surface area contributed by atoms with Crippen LogP contribution in [-0.4, -0.2) is 23.2 Å². The number of carbonyl (C=O) groups excluding carboxylic acids is 1. The van der Waals surface area contributed by atoms with Crippen molar-refractivity contribution in [3.8, 4) is 0 Å². The molecule has 0 aliphatic carbocycles. The van der Waals surface area contributed by atoms with E-state index in [1.54, 1.807) is 0 Å². The number of ether oxygens (including phenoxy) is 1. The third kappa shape index (κ3) is 5.68. The molecule has 0 aromatic heterocycles. The Labute approximate surface area is 96.7 Å². The number of esters is 1. The summed E-state index contributed by atoms with van der Waals surface area (Å²) in [5.74, 6) is 0.754. The number of alkyl halides is 2. The lowest BCUT2D eigenvalue weighted by Gasteiger charge is -2.18. The number of hydrogen-bond acceptors (Lipinski definition) is 2. The van der Waals surface area contributed by atoms with Gasteiger partial charge in [0, 0.05) is 17.1 Å². The molecule has 0 heterocycles. The molecule has 4 heteroatoms. The van der Waals surface area contributed by atoms with Gasteiger partial charge in [-0.1, -0.05) is 38.8 Å². The zero-order chi connectivity index (χ0) is 10.3. The number of rotatable bonds is 6. The van der Waals surface area contributed by atoms with Gasteiger partial charge in [-0.05, 0) is 18.8 Å². The molecule has 0 amide bonds. The highest BCUT2D eigenvalue weighted by molar-refractivity contribution is 9.09. The molecule has 0 spiro atoms. The Morgan fingerprint density at radius 3 is 2.31 bits per heavy atom. The van der Waals surface area contributed by atoms with Crippen LogP contribution in [0.25, 0.3) is 0 Å². The number of halogens is 2. The van der Waals surface area contributed by atoms with Gasteiger partial charge >= 0.3 is 5.97 Å². The van der Waals surface area contributed by atoms with Crippen molar-refractivity contribution in [3.63, 3.8) is 0 Å². The standard InChI is InChI=1S/C9H16Br2O2/c1-3-13-9(12)4-7(2)8(5-10)6-11/h7-8H,3-6H2,1-2H3. The van der Waals surface area contributed by atoms with Crippen molar-refractivity contribution in [3.05, 3.63) is 0 Å². The van der Waals surface area contributed by atoms with Crippen LogP contribution in [0.2, 0.25) is 0 Å². The molecule has 2 nitrogen and oxygen atoms in total. The topological polar surface area (TPSA) is 26.3 Å². The fourth-order valence-electron chi connectivity index (χ4n) is 0.995. The average molecular weight is 316 g/mol. The second kappa shape index (κ2) is 7.80. The van der Waals surface area contributed by atoms with Crippen molar-refractivity contribution >= 4 is 37.8 Å². The van der Waals surface area contributed by atoms with Crippen molar-refractivity contribution in [1.82, 2.24) is 0 Å². The third-order valence-electron chi connectivity index (χ3n) is 2.00. The van der Waals surface area contributed by atoms with Gasteiger partial charge in [0.2, 0.25) is 0 Å². The molecule has 0 aromatic carbocycles. The minimum Gasteiger partial charge on any atom is -0.466 e. The minimum atomic E-state index is -0.0955. The van der Waals surface area contributed by atoms with E-state index >= 15 is 0 Å². The molecule has 0 radical (unpaired) electrons. The van der Waals surface area contributed by atoms with E-state index in [9.17, 15) is 4.79 Å². The summed E-state index contributed by atoms with van der Waals surface area (Å²) in [6.45, 7) is 4.37. The smallest absolute Gasteiger partial charge is 0.306 e. The quantitative estimate of drug-likeness (QED) is 0.556. The molecule has 13 heavy (non-hydrogen) atoms. The molecule has 1 unspecified atom stereocenters. The van der Waals surface area contributed by atoms with Gasteiger partial charge in [0.1, 0.15) is 0 Å². The summed E-state index contributed by atoms with van der Waals surface area (Å²) in [4.78, 5) is 11.1. The van der Waals surface area contributed by atoms with Crippen LogP contribution in [0, 0.1) is 11.8 Å². The maximum atomic E-state index is 11.1. The van der Waals surface area contributed by atoms with Crippen molar-refractivity contribution in [2.45, 2.75) is 20.3 Å². The summed E-state index contributed by atoms with van der Waals surface area (Å²) < 4.78 is 4.88. The SMILES string of the molecule is CCOC(=O)CC(C)C(CBr)CBr. The predicted octanol–water partition coefficient (Wildman–Crippen LogP) is 2.98. The largest absolute Gasteiger partial charge is 0.466 e. The molecule has 0 aliphatic heterocycles. The summed E-state index contributed by atoms with van der Waals surface area (Å²) in [7, 11) is 0. The first-order chi connectivity index (χ1) is 6.15. The van der Waals surface area contributed by atoms with Crippen LogP contribution in [0.15, 0.2) is 0 Å². The van der Waals surface area contributed by atoms with Crippen LogP contribution in [-0.2, 0) is 9.53 Å². The summed E-state index contributed by atoms with van der Waals surface area (Å²) >= 11 is 6.85. The van der Waals surface area contributed by atoms with Crippen molar-refractivity contribution in [2.24, 2.45) is 11.8 Å². The lowest BCUT2D eigenvalue weighted by molar-refractivity contribution is -0.144. The third-order valence-corrected chi connectivity index (χ3v) is 3.66. The van der Waals surface area contributed by atoms with Crippen molar-refractivity contribution < 1.29 is 9.53 Å². The predicted molar refractivity (Wildman–Crippen MR) is 61.5 cm³/mol. The molecule has 0 saturated heterocycles. The summed E-state index contributed by atoms with van der Waals surface area (Å²) in [6, 6.07) is 0. The van der Waals surface area contributed by atoms with Crippen LogP contribution in [0.4, 0.5) is 0 Å². The first kappa shape index (κ1) is 13.4. The van der Waals surface area contributed by atoms with Crippen molar-refractivity contribution in [2.75, 3.05) is 17.3 Å². The Morgan fingerprint density at radius 2 is 1.92 bits per heavy atom. The van der Waals surface area contributed by atoms with Gasteiger partial charge in [-0.25, -0.2) is 0 Å². The second-order valence-corrected chi connectivity index (χ2v) is 4.35. The highest BCUT2D eigenvalue weighted by atomic mass is 79.9. The minimum absolute atomic E-state index is 0.0955. The maximum Gasteiger partial charge on any atom is 0.306 e. The molecule has 0 aliphatic rings. The van der Waals surface area contributed by atoms with E-state index in [-0.39, 0.29) is 5.97 Å². The zero-order valence-corrected chi connectivity index (χ0v) is 11.2. The molecular formula is C9H16Br2O2. The van der Waals surface area contributed by atoms with E-state index in [2.05, 4.69) is 38.8 Å². The summed E-state index contributed by atoms with van der Waals surface area (Å²) in [5, 5.41) is 1.83. The monoisotopic (exact) mass is 314 g/mol. The number of carbonyl (C=O) groups is 1. The molecule has 0 saturated carbocycles. The Balaban J connectivity index is 3.82. The molecule has 0 bridgehead atoms. The molecular weight excluding hydrogens is 300 g/mol. The molecule has 1 atom stereocenters. The van der Waals surface area contributed by atoms with Crippen LogP contribution in [0.1, 0.15) is 20.3 Å². The van der Waals surface area contributed by atoms with E-state index < -0.39 is 0 Å². The van der Waals surface area contributed by atoms with Gasteiger partial charge in [-0.3, -0.25) is 4.79 Å². The molecule has 0 rings (SSSR count). The lowest BCUT2D eigenvalue weighted by atomic mass is 9.95. The first-order valence-electron chi connectivity index (χ1n) is 4.43. The Kier molecular flexibility index (Phi) is 8.06. The summed E-state index contributed by atoms with van der Waals surface area (Å²) in [5.41, 5.74) is 0. The van der Waals surface area contributed by atoms with Crippen LogP contribution in [0.5, 0.6) is 0 Å². The lowest BCUT2D eigenvalue weighted by Crippen LogP contribution is -2.19.